The van der Waals surface area contributed by atoms with Crippen molar-refractivity contribution in [3.05, 3.63) is 36.5 Å². The first-order chi connectivity index (χ1) is 8.42. The molecule has 2 aromatic rings. The number of rotatable bonds is 7. The molecule has 0 amide bonds. The third kappa shape index (κ3) is 3.36. The number of fused-ring (bicyclic) bond motifs is 1. The van der Waals surface area contributed by atoms with Crippen LogP contribution in [-0.2, 0) is 6.54 Å². The predicted octanol–water partition coefficient (Wildman–Crippen LogP) is 5.00. The maximum atomic E-state index is 2.38. The normalized spacial score (nSPS) is 11.1. The second-order valence-corrected chi connectivity index (χ2v) is 4.84. The van der Waals surface area contributed by atoms with Gasteiger partial charge in [0, 0.05) is 18.3 Å². The molecule has 1 aromatic heterocycles. The van der Waals surface area contributed by atoms with E-state index in [0.29, 0.717) is 0 Å². The van der Waals surface area contributed by atoms with Crippen molar-refractivity contribution < 1.29 is 0 Å². The zero-order chi connectivity index (χ0) is 11.9. The molecule has 0 aliphatic carbocycles. The lowest BCUT2D eigenvalue weighted by atomic mass is 10.1. The van der Waals surface area contributed by atoms with Crippen LogP contribution in [0.1, 0.15) is 45.4 Å². The first-order valence-electron chi connectivity index (χ1n) is 6.95. The second-order valence-electron chi connectivity index (χ2n) is 4.84. The molecule has 0 aliphatic heterocycles. The predicted molar refractivity (Wildman–Crippen MR) is 75.3 cm³/mol. The Bertz CT molecular complexity index is 441. The number of hydrogen-bond acceptors (Lipinski definition) is 0. The van der Waals surface area contributed by atoms with Crippen LogP contribution in [0.15, 0.2) is 36.5 Å². The smallest absolute Gasteiger partial charge is 0.0480 e. The molecule has 0 bridgehead atoms. The summed E-state index contributed by atoms with van der Waals surface area (Å²) in [5.41, 5.74) is 1.38. The average molecular weight is 229 g/mol. The number of aryl methyl sites for hydroxylation is 1. The van der Waals surface area contributed by atoms with E-state index in [0.717, 1.165) is 0 Å². The summed E-state index contributed by atoms with van der Waals surface area (Å²) in [6.45, 7) is 3.44. The molecule has 0 unspecified atom stereocenters. The molecule has 0 atom stereocenters. The van der Waals surface area contributed by atoms with Crippen LogP contribution in [0.5, 0.6) is 0 Å². The molecule has 92 valence electrons. The van der Waals surface area contributed by atoms with Crippen molar-refractivity contribution in [3.63, 3.8) is 0 Å². The Hall–Kier alpha value is -1.24. The maximum absolute atomic E-state index is 2.38. The summed E-state index contributed by atoms with van der Waals surface area (Å²) >= 11 is 0. The van der Waals surface area contributed by atoms with Gasteiger partial charge in [0.25, 0.3) is 0 Å². The Kier molecular flexibility index (Phi) is 4.66. The van der Waals surface area contributed by atoms with Gasteiger partial charge in [0.05, 0.1) is 0 Å². The van der Waals surface area contributed by atoms with Crippen LogP contribution in [0.4, 0.5) is 0 Å². The Morgan fingerprint density at radius 2 is 1.65 bits per heavy atom. The Morgan fingerprint density at radius 3 is 2.53 bits per heavy atom. The van der Waals surface area contributed by atoms with Crippen molar-refractivity contribution in [2.24, 2.45) is 0 Å². The number of aromatic nitrogens is 1. The molecule has 1 nitrogen and oxygen atoms in total. The van der Waals surface area contributed by atoms with Crippen molar-refractivity contribution >= 4 is 10.9 Å². The lowest BCUT2D eigenvalue weighted by molar-refractivity contribution is 0.565. The van der Waals surface area contributed by atoms with Crippen molar-refractivity contribution in [2.45, 2.75) is 52.0 Å². The molecule has 1 aromatic carbocycles. The van der Waals surface area contributed by atoms with Crippen molar-refractivity contribution in [1.29, 1.82) is 0 Å². The minimum atomic E-state index is 1.17. The molecule has 17 heavy (non-hydrogen) atoms. The summed E-state index contributed by atoms with van der Waals surface area (Å²) in [5.74, 6) is 0. The quantitative estimate of drug-likeness (QED) is 0.589. The van der Waals surface area contributed by atoms with Crippen LogP contribution in [0, 0.1) is 0 Å². The summed E-state index contributed by atoms with van der Waals surface area (Å²) in [5, 5.41) is 1.36. The van der Waals surface area contributed by atoms with Crippen LogP contribution < -0.4 is 0 Å². The van der Waals surface area contributed by atoms with Gasteiger partial charge in [-0.05, 0) is 23.9 Å². The lowest BCUT2D eigenvalue weighted by Crippen LogP contribution is -1.95. The SMILES string of the molecule is CCCCCCCCn1ccc2ccccc21. The van der Waals surface area contributed by atoms with Gasteiger partial charge in [0.1, 0.15) is 0 Å². The number of hydrogen-bond donors (Lipinski definition) is 0. The van der Waals surface area contributed by atoms with Gasteiger partial charge in [-0.1, -0.05) is 57.2 Å². The minimum absolute atomic E-state index is 1.17. The highest BCUT2D eigenvalue weighted by atomic mass is 14.9. The van der Waals surface area contributed by atoms with Crippen LogP contribution in [0.25, 0.3) is 10.9 Å². The fourth-order valence-corrected chi connectivity index (χ4v) is 2.40. The van der Waals surface area contributed by atoms with Crippen LogP contribution in [0.3, 0.4) is 0 Å². The van der Waals surface area contributed by atoms with Gasteiger partial charge in [0.2, 0.25) is 0 Å². The minimum Gasteiger partial charge on any atom is -0.347 e. The fourth-order valence-electron chi connectivity index (χ4n) is 2.40. The highest BCUT2D eigenvalue weighted by Crippen LogP contribution is 2.16. The van der Waals surface area contributed by atoms with Gasteiger partial charge in [-0.25, -0.2) is 0 Å². The van der Waals surface area contributed by atoms with Crippen LogP contribution in [-0.4, -0.2) is 4.57 Å². The summed E-state index contributed by atoms with van der Waals surface area (Å²) in [6.07, 6.45) is 10.4. The zero-order valence-electron chi connectivity index (χ0n) is 10.9. The summed E-state index contributed by atoms with van der Waals surface area (Å²) in [6, 6.07) is 10.9. The largest absolute Gasteiger partial charge is 0.347 e. The van der Waals surface area contributed by atoms with Crippen LogP contribution in [0.2, 0.25) is 0 Å². The second kappa shape index (κ2) is 6.48. The number of unbranched alkanes of at least 4 members (excludes halogenated alkanes) is 5. The van der Waals surface area contributed by atoms with E-state index in [4.69, 9.17) is 0 Å². The molecule has 0 saturated heterocycles. The molecule has 2 rings (SSSR count). The van der Waals surface area contributed by atoms with Crippen molar-refractivity contribution in [2.75, 3.05) is 0 Å². The van der Waals surface area contributed by atoms with Crippen molar-refractivity contribution in [1.82, 2.24) is 4.57 Å². The van der Waals surface area contributed by atoms with Crippen molar-refractivity contribution in [3.8, 4) is 0 Å². The van der Waals surface area contributed by atoms with E-state index in [2.05, 4.69) is 48.0 Å². The summed E-state index contributed by atoms with van der Waals surface area (Å²) < 4.78 is 2.38. The molecule has 0 N–H and O–H groups in total. The lowest BCUT2D eigenvalue weighted by Gasteiger charge is -2.05. The van der Waals surface area contributed by atoms with E-state index in [-0.39, 0.29) is 0 Å². The number of para-hydroxylation sites is 1. The molecule has 0 radical (unpaired) electrons. The Morgan fingerprint density at radius 1 is 0.882 bits per heavy atom. The van der Waals surface area contributed by atoms with Gasteiger partial charge in [0.15, 0.2) is 0 Å². The molecule has 1 heteroatoms. The van der Waals surface area contributed by atoms with Crippen LogP contribution >= 0.6 is 0 Å². The van der Waals surface area contributed by atoms with E-state index in [1.165, 1.54) is 56.0 Å². The zero-order valence-corrected chi connectivity index (χ0v) is 10.9. The third-order valence-corrected chi connectivity index (χ3v) is 3.43. The van der Waals surface area contributed by atoms with Gasteiger partial charge in [-0.3, -0.25) is 0 Å². The van der Waals surface area contributed by atoms with Gasteiger partial charge in [-0.15, -0.1) is 0 Å². The standard InChI is InChI=1S/C16H23N/c1-2-3-4-5-6-9-13-17-14-12-15-10-7-8-11-16(15)17/h7-8,10-12,14H,2-6,9,13H2,1H3. The molecular formula is C16H23N. The van der Waals surface area contributed by atoms with E-state index in [1.54, 1.807) is 0 Å². The topological polar surface area (TPSA) is 4.93 Å². The van der Waals surface area contributed by atoms with Gasteiger partial charge >= 0.3 is 0 Å². The molecular weight excluding hydrogens is 206 g/mol. The summed E-state index contributed by atoms with van der Waals surface area (Å²) in [7, 11) is 0. The molecule has 0 fully saturated rings. The molecule has 0 saturated carbocycles. The molecule has 1 heterocycles. The first kappa shape index (κ1) is 12.2. The third-order valence-electron chi connectivity index (χ3n) is 3.43. The first-order valence-corrected chi connectivity index (χ1v) is 6.95. The molecule has 0 aliphatic rings. The van der Waals surface area contributed by atoms with E-state index in [1.807, 2.05) is 0 Å². The van der Waals surface area contributed by atoms with E-state index < -0.39 is 0 Å². The molecule has 0 spiro atoms. The van der Waals surface area contributed by atoms with Gasteiger partial charge < -0.3 is 4.57 Å². The average Bonchev–Trinajstić information content (AvgIpc) is 2.77. The highest BCUT2D eigenvalue weighted by molar-refractivity contribution is 5.79. The maximum Gasteiger partial charge on any atom is 0.0480 e. The number of benzene rings is 1. The monoisotopic (exact) mass is 229 g/mol. The summed E-state index contributed by atoms with van der Waals surface area (Å²) in [4.78, 5) is 0. The fraction of sp³-hybridized carbons (Fsp3) is 0.500. The van der Waals surface area contributed by atoms with Gasteiger partial charge in [-0.2, -0.15) is 0 Å². The Balaban J connectivity index is 1.79. The van der Waals surface area contributed by atoms with E-state index in [9.17, 15) is 0 Å². The van der Waals surface area contributed by atoms with E-state index >= 15 is 0 Å². The highest BCUT2D eigenvalue weighted by Gasteiger charge is 1.99. The number of nitrogens with zero attached hydrogens (tertiary/aromatic N) is 1. The Labute approximate surface area is 104 Å².